The molecule has 7 aromatic carbocycles. The minimum absolute atomic E-state index is 0.546. The first kappa shape index (κ1) is 27.9. The Labute approximate surface area is 291 Å². The number of para-hydroxylation sites is 5. The summed E-state index contributed by atoms with van der Waals surface area (Å²) in [5, 5.41) is 6.66. The van der Waals surface area contributed by atoms with Crippen LogP contribution in [0.3, 0.4) is 0 Å². The Bertz CT molecular complexity index is 3080. The molecule has 0 unspecified atom stereocenters. The van der Waals surface area contributed by atoms with Crippen LogP contribution < -0.4 is 0 Å². The van der Waals surface area contributed by atoms with E-state index in [1.807, 2.05) is 36.4 Å². The van der Waals surface area contributed by atoms with Gasteiger partial charge in [-0.15, -0.1) is 0 Å². The molecule has 0 radical (unpaired) electrons. The Morgan fingerprint density at radius 2 is 0.902 bits per heavy atom. The molecule has 0 N–H and O–H groups in total. The van der Waals surface area contributed by atoms with Gasteiger partial charge < -0.3 is 8.98 Å². The van der Waals surface area contributed by atoms with Crippen LogP contribution in [0.1, 0.15) is 0 Å². The van der Waals surface area contributed by atoms with Gasteiger partial charge in [0.05, 0.1) is 27.6 Å². The zero-order valence-corrected chi connectivity index (χ0v) is 27.2. The first-order valence-electron chi connectivity index (χ1n) is 17.0. The van der Waals surface area contributed by atoms with Crippen LogP contribution in [0.4, 0.5) is 0 Å². The number of hydrogen-bond acceptors (Lipinski definition) is 4. The van der Waals surface area contributed by atoms with Crippen molar-refractivity contribution in [1.82, 2.24) is 24.1 Å². The lowest BCUT2D eigenvalue weighted by molar-refractivity contribution is 0.671. The van der Waals surface area contributed by atoms with Crippen molar-refractivity contribution in [3.05, 3.63) is 164 Å². The smallest absolute Gasteiger partial charge is 0.238 e. The molecule has 6 nitrogen and oxygen atoms in total. The minimum atomic E-state index is 0.546. The molecule has 238 valence electrons. The van der Waals surface area contributed by atoms with Crippen LogP contribution in [-0.4, -0.2) is 24.1 Å². The van der Waals surface area contributed by atoms with E-state index in [4.69, 9.17) is 19.4 Å². The molecule has 0 aliphatic heterocycles. The highest BCUT2D eigenvalue weighted by atomic mass is 16.3. The van der Waals surface area contributed by atoms with E-state index in [-0.39, 0.29) is 0 Å². The third kappa shape index (κ3) is 4.07. The number of furan rings is 1. The van der Waals surface area contributed by atoms with E-state index in [1.165, 1.54) is 5.39 Å². The van der Waals surface area contributed by atoms with Gasteiger partial charge in [-0.05, 0) is 42.5 Å². The van der Waals surface area contributed by atoms with Crippen molar-refractivity contribution in [3.63, 3.8) is 0 Å². The standard InChI is InChI=1S/C45H27N5O/c1-3-14-28(15-4-1)43-46-44(48-45(47-43)50-38-24-11-7-18-30(38)31-19-8-12-25-39(31)50)36-22-13-21-34-35-27-26-33-32-20-9-10-23-37(32)49(29-16-5-2-6-17-29)40(33)42(35)51-41(34)36/h1-27H. The van der Waals surface area contributed by atoms with Gasteiger partial charge in [0.1, 0.15) is 5.58 Å². The van der Waals surface area contributed by atoms with Gasteiger partial charge in [-0.2, -0.15) is 9.97 Å². The van der Waals surface area contributed by atoms with Crippen LogP contribution >= 0.6 is 0 Å². The molecule has 0 fully saturated rings. The van der Waals surface area contributed by atoms with Crippen LogP contribution in [0.2, 0.25) is 0 Å². The number of aromatic nitrogens is 5. The normalized spacial score (nSPS) is 11.9. The Morgan fingerprint density at radius 3 is 1.61 bits per heavy atom. The zero-order chi connectivity index (χ0) is 33.5. The monoisotopic (exact) mass is 653 g/mol. The molecule has 4 aromatic heterocycles. The lowest BCUT2D eigenvalue weighted by Gasteiger charge is -2.11. The molecule has 0 aliphatic carbocycles. The van der Waals surface area contributed by atoms with Crippen molar-refractivity contribution in [2.45, 2.75) is 0 Å². The molecule has 51 heavy (non-hydrogen) atoms. The second kappa shape index (κ2) is 10.7. The van der Waals surface area contributed by atoms with Crippen LogP contribution in [0, 0.1) is 0 Å². The molecule has 0 amide bonds. The molecule has 0 bridgehead atoms. The van der Waals surface area contributed by atoms with Crippen molar-refractivity contribution in [2.24, 2.45) is 0 Å². The molecule has 0 spiro atoms. The van der Waals surface area contributed by atoms with E-state index in [0.717, 1.165) is 77.0 Å². The third-order valence-electron chi connectivity index (χ3n) is 9.99. The van der Waals surface area contributed by atoms with E-state index in [9.17, 15) is 0 Å². The van der Waals surface area contributed by atoms with Gasteiger partial charge in [0.25, 0.3) is 0 Å². The predicted octanol–water partition coefficient (Wildman–Crippen LogP) is 11.3. The van der Waals surface area contributed by atoms with Crippen molar-refractivity contribution >= 4 is 65.6 Å². The highest BCUT2D eigenvalue weighted by Gasteiger charge is 2.23. The molecule has 11 rings (SSSR count). The summed E-state index contributed by atoms with van der Waals surface area (Å²) in [5.41, 5.74) is 8.60. The van der Waals surface area contributed by atoms with E-state index in [0.29, 0.717) is 17.6 Å². The van der Waals surface area contributed by atoms with Crippen LogP contribution in [0.25, 0.3) is 100.0 Å². The first-order valence-corrected chi connectivity index (χ1v) is 17.0. The van der Waals surface area contributed by atoms with Gasteiger partial charge in [0.2, 0.25) is 5.95 Å². The lowest BCUT2D eigenvalue weighted by atomic mass is 10.1. The molecule has 0 saturated heterocycles. The maximum Gasteiger partial charge on any atom is 0.238 e. The van der Waals surface area contributed by atoms with Crippen LogP contribution in [0.15, 0.2) is 168 Å². The third-order valence-corrected chi connectivity index (χ3v) is 9.99. The highest BCUT2D eigenvalue weighted by molar-refractivity contribution is 6.22. The Kier molecular flexibility index (Phi) is 5.86. The van der Waals surface area contributed by atoms with Crippen molar-refractivity contribution in [2.75, 3.05) is 0 Å². The number of hydrogen-bond donors (Lipinski definition) is 0. The number of rotatable bonds is 4. The second-order valence-electron chi connectivity index (χ2n) is 12.8. The van der Waals surface area contributed by atoms with E-state index >= 15 is 0 Å². The Balaban J connectivity index is 1.22. The molecule has 0 saturated carbocycles. The van der Waals surface area contributed by atoms with E-state index in [1.54, 1.807) is 0 Å². The predicted molar refractivity (Wildman–Crippen MR) is 207 cm³/mol. The summed E-state index contributed by atoms with van der Waals surface area (Å²) in [7, 11) is 0. The summed E-state index contributed by atoms with van der Waals surface area (Å²) in [6.45, 7) is 0. The summed E-state index contributed by atoms with van der Waals surface area (Å²) in [5.74, 6) is 1.69. The highest BCUT2D eigenvalue weighted by Crippen LogP contribution is 2.42. The maximum absolute atomic E-state index is 7.03. The molecule has 4 heterocycles. The molecule has 11 aromatic rings. The quantitative estimate of drug-likeness (QED) is 0.190. The fourth-order valence-electron chi connectivity index (χ4n) is 7.76. The van der Waals surface area contributed by atoms with Gasteiger partial charge in [-0.3, -0.25) is 4.57 Å². The summed E-state index contributed by atoms with van der Waals surface area (Å²) in [6, 6.07) is 56.6. The lowest BCUT2D eigenvalue weighted by Crippen LogP contribution is -2.06. The van der Waals surface area contributed by atoms with Crippen LogP contribution in [-0.2, 0) is 0 Å². The van der Waals surface area contributed by atoms with E-state index in [2.05, 4.69) is 137 Å². The van der Waals surface area contributed by atoms with Crippen molar-refractivity contribution in [1.29, 1.82) is 0 Å². The molecular formula is C45H27N5O. The van der Waals surface area contributed by atoms with E-state index < -0.39 is 0 Å². The molecular weight excluding hydrogens is 627 g/mol. The van der Waals surface area contributed by atoms with Gasteiger partial charge in [0, 0.05) is 43.6 Å². The van der Waals surface area contributed by atoms with Crippen LogP contribution in [0.5, 0.6) is 0 Å². The van der Waals surface area contributed by atoms with Crippen molar-refractivity contribution in [3.8, 4) is 34.4 Å². The topological polar surface area (TPSA) is 61.7 Å². The molecule has 0 aliphatic rings. The zero-order valence-electron chi connectivity index (χ0n) is 27.2. The Morgan fingerprint density at radius 1 is 0.373 bits per heavy atom. The minimum Gasteiger partial charge on any atom is -0.453 e. The maximum atomic E-state index is 7.03. The number of nitrogens with zero attached hydrogens (tertiary/aromatic N) is 5. The SMILES string of the molecule is c1ccc(-c2nc(-c3cccc4c3oc3c4ccc4c5ccccc5n(-c5ccccc5)c43)nc(-n3c4ccccc4c4ccccc43)n2)cc1. The van der Waals surface area contributed by atoms with Gasteiger partial charge in [0.15, 0.2) is 17.2 Å². The number of benzene rings is 7. The Hall–Kier alpha value is -7.05. The largest absolute Gasteiger partial charge is 0.453 e. The average Bonchev–Trinajstić information content (AvgIpc) is 3.86. The second-order valence-corrected chi connectivity index (χ2v) is 12.8. The molecule has 0 atom stereocenters. The average molecular weight is 654 g/mol. The number of fused-ring (bicyclic) bond motifs is 10. The van der Waals surface area contributed by atoms with Gasteiger partial charge >= 0.3 is 0 Å². The van der Waals surface area contributed by atoms with Crippen molar-refractivity contribution < 1.29 is 4.42 Å². The van der Waals surface area contributed by atoms with Gasteiger partial charge in [-0.1, -0.05) is 121 Å². The molecule has 6 heteroatoms. The fourth-order valence-corrected chi connectivity index (χ4v) is 7.76. The summed E-state index contributed by atoms with van der Waals surface area (Å²) in [6.07, 6.45) is 0. The summed E-state index contributed by atoms with van der Waals surface area (Å²) in [4.78, 5) is 15.5. The first-order chi connectivity index (χ1) is 25.3. The fraction of sp³-hybridized carbons (Fsp3) is 0. The summed E-state index contributed by atoms with van der Waals surface area (Å²) >= 11 is 0. The summed E-state index contributed by atoms with van der Waals surface area (Å²) < 4.78 is 11.5. The van der Waals surface area contributed by atoms with Gasteiger partial charge in [-0.25, -0.2) is 4.98 Å².